The Bertz CT molecular complexity index is 732. The third kappa shape index (κ3) is 5.32. The zero-order valence-corrected chi connectivity index (χ0v) is 15.5. The van der Waals surface area contributed by atoms with Gasteiger partial charge in [-0.25, -0.2) is 9.97 Å². The highest BCUT2D eigenvalue weighted by Crippen LogP contribution is 2.31. The molecule has 0 atom stereocenters. The maximum absolute atomic E-state index is 5.65. The second-order valence-corrected chi connectivity index (χ2v) is 7.25. The molecule has 4 N–H and O–H groups in total. The van der Waals surface area contributed by atoms with Crippen LogP contribution in [0.25, 0.3) is 5.57 Å². The van der Waals surface area contributed by atoms with Crippen molar-refractivity contribution in [2.24, 2.45) is 0 Å². The minimum Gasteiger partial charge on any atom is -0.384 e. The lowest BCUT2D eigenvalue weighted by Crippen LogP contribution is -2.07. The molecule has 0 spiro atoms. The summed E-state index contributed by atoms with van der Waals surface area (Å²) in [7, 11) is 0. The van der Waals surface area contributed by atoms with E-state index in [9.17, 15) is 0 Å². The van der Waals surface area contributed by atoms with E-state index in [1.54, 1.807) is 0 Å². The lowest BCUT2D eigenvalue weighted by atomic mass is 9.87. The van der Waals surface area contributed by atoms with Gasteiger partial charge in [0, 0.05) is 11.6 Å². The monoisotopic (exact) mass is 350 g/mol. The Kier molecular flexibility index (Phi) is 6.64. The molecule has 0 amide bonds. The van der Waals surface area contributed by atoms with Crippen molar-refractivity contribution in [3.05, 3.63) is 53.9 Å². The van der Waals surface area contributed by atoms with Crippen LogP contribution in [0, 0.1) is 0 Å². The van der Waals surface area contributed by atoms with Crippen LogP contribution in [-0.4, -0.2) is 9.97 Å². The zero-order valence-electron chi connectivity index (χ0n) is 15.5. The number of nitrogen functional groups attached to an aromatic ring is 2. The fourth-order valence-electron chi connectivity index (χ4n) is 3.80. The minimum absolute atomic E-state index is 0.615. The van der Waals surface area contributed by atoms with Crippen molar-refractivity contribution in [3.8, 4) is 0 Å². The SMILES string of the molecule is Nc1cccc(C2=CCCCC2)n1.Nc1cccc(C2CCCCC2)n1. The Labute approximate surface area is 156 Å². The maximum atomic E-state index is 5.65. The second kappa shape index (κ2) is 9.37. The number of allylic oxidation sites excluding steroid dienone is 2. The summed E-state index contributed by atoms with van der Waals surface area (Å²) in [6.45, 7) is 0. The Morgan fingerprint density at radius 1 is 0.769 bits per heavy atom. The highest BCUT2D eigenvalue weighted by molar-refractivity contribution is 5.64. The van der Waals surface area contributed by atoms with Crippen molar-refractivity contribution < 1.29 is 0 Å². The predicted molar refractivity (Wildman–Crippen MR) is 110 cm³/mol. The maximum Gasteiger partial charge on any atom is 0.124 e. The summed E-state index contributed by atoms with van der Waals surface area (Å²) in [5, 5.41) is 0. The van der Waals surface area contributed by atoms with Crippen LogP contribution in [0.1, 0.15) is 75.1 Å². The molecule has 2 aromatic rings. The van der Waals surface area contributed by atoms with Crippen LogP contribution < -0.4 is 11.5 Å². The molecule has 26 heavy (non-hydrogen) atoms. The molecule has 1 fully saturated rings. The number of aromatic nitrogens is 2. The number of nitrogens with two attached hydrogens (primary N) is 2. The topological polar surface area (TPSA) is 77.8 Å². The molecule has 1 saturated carbocycles. The summed E-state index contributed by atoms with van der Waals surface area (Å²) in [4.78, 5) is 8.68. The van der Waals surface area contributed by atoms with Crippen molar-refractivity contribution >= 4 is 17.2 Å². The normalized spacial score (nSPS) is 17.8. The summed E-state index contributed by atoms with van der Waals surface area (Å²) >= 11 is 0. The van der Waals surface area contributed by atoms with Gasteiger partial charge in [0.05, 0.1) is 5.69 Å². The molecule has 0 aromatic carbocycles. The molecule has 0 radical (unpaired) electrons. The van der Waals surface area contributed by atoms with Crippen molar-refractivity contribution in [2.75, 3.05) is 11.5 Å². The van der Waals surface area contributed by atoms with Crippen LogP contribution in [0.4, 0.5) is 11.6 Å². The van der Waals surface area contributed by atoms with E-state index in [1.165, 1.54) is 62.6 Å². The number of nitrogens with zero attached hydrogens (tertiary/aromatic N) is 2. The van der Waals surface area contributed by atoms with E-state index in [-0.39, 0.29) is 0 Å². The fraction of sp³-hybridized carbons (Fsp3) is 0.455. The van der Waals surface area contributed by atoms with Crippen molar-refractivity contribution in [2.45, 2.75) is 63.7 Å². The molecule has 0 unspecified atom stereocenters. The standard InChI is InChI=1S/C11H16N2.C11H14N2/c2*12-11-8-4-7-10(13-11)9-5-2-1-3-6-9/h4,7-9H,1-3,5-6H2,(H2,12,13);4-5,7-8H,1-3,6H2,(H2,12,13). The van der Waals surface area contributed by atoms with Crippen LogP contribution in [0.3, 0.4) is 0 Å². The zero-order chi connectivity index (χ0) is 18.2. The molecule has 2 aromatic heterocycles. The van der Waals surface area contributed by atoms with Crippen LogP contribution in [0.5, 0.6) is 0 Å². The van der Waals surface area contributed by atoms with Gasteiger partial charge in [-0.15, -0.1) is 0 Å². The average molecular weight is 351 g/mol. The van der Waals surface area contributed by atoms with Gasteiger partial charge in [-0.3, -0.25) is 0 Å². The molecule has 0 bridgehead atoms. The predicted octanol–water partition coefficient (Wildman–Crippen LogP) is 5.33. The van der Waals surface area contributed by atoms with Crippen LogP contribution in [0.15, 0.2) is 42.5 Å². The summed E-state index contributed by atoms with van der Waals surface area (Å²) in [6.07, 6.45) is 13.9. The molecule has 2 heterocycles. The van der Waals surface area contributed by atoms with E-state index in [0.29, 0.717) is 17.6 Å². The first-order valence-corrected chi connectivity index (χ1v) is 9.87. The molecule has 2 aliphatic rings. The van der Waals surface area contributed by atoms with Gasteiger partial charge < -0.3 is 11.5 Å². The average Bonchev–Trinajstić information content (AvgIpc) is 2.70. The van der Waals surface area contributed by atoms with E-state index in [0.717, 1.165) is 12.1 Å². The molecule has 4 rings (SSSR count). The molecular weight excluding hydrogens is 320 g/mol. The fourth-order valence-corrected chi connectivity index (χ4v) is 3.80. The van der Waals surface area contributed by atoms with Gasteiger partial charge in [-0.1, -0.05) is 37.5 Å². The number of rotatable bonds is 2. The first kappa shape index (κ1) is 18.4. The highest BCUT2D eigenvalue weighted by Gasteiger charge is 2.16. The first-order chi connectivity index (χ1) is 12.7. The largest absolute Gasteiger partial charge is 0.384 e. The number of hydrogen-bond acceptors (Lipinski definition) is 4. The minimum atomic E-state index is 0.615. The van der Waals surface area contributed by atoms with E-state index in [1.807, 2.05) is 30.3 Å². The first-order valence-electron chi connectivity index (χ1n) is 9.87. The lowest BCUT2D eigenvalue weighted by Gasteiger charge is -2.20. The van der Waals surface area contributed by atoms with Crippen molar-refractivity contribution in [3.63, 3.8) is 0 Å². The third-order valence-corrected chi connectivity index (χ3v) is 5.21. The Hall–Kier alpha value is -2.36. The highest BCUT2D eigenvalue weighted by atomic mass is 14.8. The Morgan fingerprint density at radius 3 is 2.15 bits per heavy atom. The quantitative estimate of drug-likeness (QED) is 0.767. The van der Waals surface area contributed by atoms with E-state index in [4.69, 9.17) is 11.5 Å². The molecule has 2 aliphatic carbocycles. The summed E-state index contributed by atoms with van der Waals surface area (Å²) in [6, 6.07) is 11.8. The van der Waals surface area contributed by atoms with Gasteiger partial charge >= 0.3 is 0 Å². The van der Waals surface area contributed by atoms with Crippen LogP contribution in [-0.2, 0) is 0 Å². The number of anilines is 2. The van der Waals surface area contributed by atoms with Gasteiger partial charge in [0.1, 0.15) is 11.6 Å². The summed E-state index contributed by atoms with van der Waals surface area (Å²) in [5.74, 6) is 1.93. The summed E-state index contributed by atoms with van der Waals surface area (Å²) < 4.78 is 0. The van der Waals surface area contributed by atoms with Gasteiger partial charge in [-0.05, 0) is 68.4 Å². The van der Waals surface area contributed by atoms with Crippen molar-refractivity contribution in [1.29, 1.82) is 0 Å². The van der Waals surface area contributed by atoms with E-state index >= 15 is 0 Å². The van der Waals surface area contributed by atoms with E-state index < -0.39 is 0 Å². The van der Waals surface area contributed by atoms with Gasteiger partial charge in [0.25, 0.3) is 0 Å². The Morgan fingerprint density at radius 2 is 1.50 bits per heavy atom. The summed E-state index contributed by atoms with van der Waals surface area (Å²) in [5.41, 5.74) is 14.9. The number of hydrogen-bond donors (Lipinski definition) is 2. The molecule has 138 valence electrons. The molecule has 0 saturated heterocycles. The molecule has 4 nitrogen and oxygen atoms in total. The van der Waals surface area contributed by atoms with Crippen LogP contribution in [0.2, 0.25) is 0 Å². The molecular formula is C22H30N4. The number of pyridine rings is 2. The third-order valence-electron chi connectivity index (χ3n) is 5.21. The van der Waals surface area contributed by atoms with Gasteiger partial charge in [0.2, 0.25) is 0 Å². The Balaban J connectivity index is 0.000000151. The van der Waals surface area contributed by atoms with Gasteiger partial charge in [0.15, 0.2) is 0 Å². The molecule has 0 aliphatic heterocycles. The van der Waals surface area contributed by atoms with Crippen molar-refractivity contribution in [1.82, 2.24) is 9.97 Å². The second-order valence-electron chi connectivity index (χ2n) is 7.25. The van der Waals surface area contributed by atoms with Crippen LogP contribution >= 0.6 is 0 Å². The molecule has 4 heteroatoms. The smallest absolute Gasteiger partial charge is 0.124 e. The van der Waals surface area contributed by atoms with E-state index in [2.05, 4.69) is 22.1 Å². The lowest BCUT2D eigenvalue weighted by molar-refractivity contribution is 0.437. The van der Waals surface area contributed by atoms with Gasteiger partial charge in [-0.2, -0.15) is 0 Å².